The number of carboxylic acid groups (broad SMARTS) is 1. The molecule has 3 rings (SSSR count). The van der Waals surface area contributed by atoms with E-state index in [-0.39, 0.29) is 22.5 Å². The molecule has 1 aliphatic heterocycles. The van der Waals surface area contributed by atoms with E-state index in [0.29, 0.717) is 12.0 Å². The van der Waals surface area contributed by atoms with Crippen LogP contribution in [0.15, 0.2) is 23.8 Å². The average Bonchev–Trinajstić information content (AvgIpc) is 2.65. The molecule has 0 fully saturated rings. The van der Waals surface area contributed by atoms with Gasteiger partial charge in [-0.3, -0.25) is 0 Å². The number of ether oxygens (including phenoxy) is 1. The van der Waals surface area contributed by atoms with Crippen LogP contribution in [0.3, 0.4) is 0 Å². The Morgan fingerprint density at radius 2 is 1.94 bits per heavy atom. The van der Waals surface area contributed by atoms with Crippen LogP contribution in [0.5, 0.6) is 11.5 Å². The van der Waals surface area contributed by atoms with Gasteiger partial charge in [-0.15, -0.1) is 0 Å². The van der Waals surface area contributed by atoms with Crippen molar-refractivity contribution in [2.45, 2.75) is 110 Å². The van der Waals surface area contributed by atoms with Gasteiger partial charge in [-0.1, -0.05) is 46.6 Å². The number of aryl methyl sites for hydroxylation is 1. The monoisotopic (exact) mass is 458 g/mol. The number of carboxylic acids is 1. The van der Waals surface area contributed by atoms with Gasteiger partial charge in [-0.25, -0.2) is 4.79 Å². The third kappa shape index (κ3) is 4.93. The summed E-state index contributed by atoms with van der Waals surface area (Å²) in [5.41, 5.74) is 2.46. The Balaban J connectivity index is 2.16. The van der Waals surface area contributed by atoms with Crippen molar-refractivity contribution >= 4 is 14.3 Å². The standard InChI is InChI=1S/C27H42O4Si/c1-9-10-11-12-18-15-22-24(23(16-18)31-32(7,8)26(2,3)4)20-17-19(25(28)29)13-14-21(20)27(5,6)30-22/h15-17,20-21H,9-14H2,1-8H3,(H,28,29)/t20-,21-/m1/s1. The Hall–Kier alpha value is -1.75. The van der Waals surface area contributed by atoms with Crippen molar-refractivity contribution in [1.29, 1.82) is 0 Å². The van der Waals surface area contributed by atoms with E-state index in [2.05, 4.69) is 66.8 Å². The fourth-order valence-electron chi connectivity index (χ4n) is 4.81. The Kier molecular flexibility index (Phi) is 6.91. The molecular formula is C27H42O4Si. The topological polar surface area (TPSA) is 55.8 Å². The third-order valence-electron chi connectivity index (χ3n) is 7.82. The molecule has 32 heavy (non-hydrogen) atoms. The van der Waals surface area contributed by atoms with Crippen molar-refractivity contribution in [3.8, 4) is 11.5 Å². The minimum Gasteiger partial charge on any atom is -0.543 e. The quantitative estimate of drug-likeness (QED) is 0.340. The van der Waals surface area contributed by atoms with E-state index in [4.69, 9.17) is 9.16 Å². The highest BCUT2D eigenvalue weighted by Crippen LogP contribution is 2.54. The zero-order valence-corrected chi connectivity index (χ0v) is 22.3. The van der Waals surface area contributed by atoms with E-state index in [0.717, 1.165) is 36.3 Å². The number of rotatable bonds is 7. The van der Waals surface area contributed by atoms with Gasteiger partial charge in [0.25, 0.3) is 0 Å². The first kappa shape index (κ1) is 24.9. The van der Waals surface area contributed by atoms with Crippen molar-refractivity contribution in [3.63, 3.8) is 0 Å². The fraction of sp³-hybridized carbons (Fsp3) is 0.667. The SMILES string of the molecule is CCCCCc1cc2c(c(O[Si](C)(C)C(C)(C)C)c1)[C@@H]1C=C(C(=O)O)CC[C@H]1C(C)(C)O2. The van der Waals surface area contributed by atoms with E-state index >= 15 is 0 Å². The maximum Gasteiger partial charge on any atom is 0.331 e. The van der Waals surface area contributed by atoms with E-state index in [9.17, 15) is 9.90 Å². The Morgan fingerprint density at radius 1 is 1.25 bits per heavy atom. The maximum atomic E-state index is 11.8. The van der Waals surface area contributed by atoms with Crippen molar-refractivity contribution in [2.24, 2.45) is 5.92 Å². The number of benzene rings is 1. The minimum absolute atomic E-state index is 0.00180. The molecular weight excluding hydrogens is 416 g/mol. The third-order valence-corrected chi connectivity index (χ3v) is 12.2. The van der Waals surface area contributed by atoms with E-state index in [1.807, 2.05) is 6.08 Å². The van der Waals surface area contributed by atoms with Crippen molar-refractivity contribution in [3.05, 3.63) is 34.9 Å². The summed E-state index contributed by atoms with van der Waals surface area (Å²) in [5.74, 6) is 1.21. The predicted molar refractivity (Wildman–Crippen MR) is 133 cm³/mol. The number of aliphatic carboxylic acids is 1. The molecule has 178 valence electrons. The van der Waals surface area contributed by atoms with Crippen LogP contribution in [0.25, 0.3) is 0 Å². The number of allylic oxidation sites excluding steroid dienone is 1. The number of hydrogen-bond donors (Lipinski definition) is 1. The van der Waals surface area contributed by atoms with E-state index in [1.165, 1.54) is 18.4 Å². The van der Waals surface area contributed by atoms with Crippen LogP contribution in [0.4, 0.5) is 0 Å². The zero-order valence-electron chi connectivity index (χ0n) is 21.3. The molecule has 4 nitrogen and oxygen atoms in total. The van der Waals surface area contributed by atoms with Gasteiger partial charge in [0.1, 0.15) is 17.1 Å². The molecule has 0 aromatic heterocycles. The molecule has 2 aliphatic rings. The van der Waals surface area contributed by atoms with Gasteiger partial charge in [0.15, 0.2) is 0 Å². The summed E-state index contributed by atoms with van der Waals surface area (Å²) in [6.07, 6.45) is 7.93. The lowest BCUT2D eigenvalue weighted by Crippen LogP contribution is -2.47. The molecule has 1 aromatic carbocycles. The molecule has 1 aliphatic carbocycles. The highest BCUT2D eigenvalue weighted by atomic mass is 28.4. The van der Waals surface area contributed by atoms with Crippen LogP contribution in [-0.4, -0.2) is 25.0 Å². The van der Waals surface area contributed by atoms with E-state index < -0.39 is 14.3 Å². The summed E-state index contributed by atoms with van der Waals surface area (Å²) >= 11 is 0. The normalized spacial score (nSPS) is 22.3. The molecule has 1 heterocycles. The second-order valence-electron chi connectivity index (χ2n) is 11.7. The second-order valence-corrected chi connectivity index (χ2v) is 16.4. The largest absolute Gasteiger partial charge is 0.543 e. The van der Waals surface area contributed by atoms with Gasteiger partial charge in [0.05, 0.1) is 0 Å². The van der Waals surface area contributed by atoms with Crippen LogP contribution in [-0.2, 0) is 11.2 Å². The first-order chi connectivity index (χ1) is 14.8. The summed E-state index contributed by atoms with van der Waals surface area (Å²) in [6, 6.07) is 4.40. The molecule has 1 aromatic rings. The maximum absolute atomic E-state index is 11.8. The molecule has 0 spiro atoms. The predicted octanol–water partition coefficient (Wildman–Crippen LogP) is 7.48. The second kappa shape index (κ2) is 8.89. The summed E-state index contributed by atoms with van der Waals surface area (Å²) in [6.45, 7) is 17.8. The number of fused-ring (bicyclic) bond motifs is 3. The molecule has 1 N–H and O–H groups in total. The van der Waals surface area contributed by atoms with Gasteiger partial charge in [0.2, 0.25) is 8.32 Å². The minimum atomic E-state index is -2.09. The van der Waals surface area contributed by atoms with Gasteiger partial charge in [-0.2, -0.15) is 0 Å². The Labute approximate surface area is 195 Å². The van der Waals surface area contributed by atoms with Gasteiger partial charge >= 0.3 is 5.97 Å². The first-order valence-electron chi connectivity index (χ1n) is 12.3. The molecule has 0 saturated heterocycles. The van der Waals surface area contributed by atoms with Crippen LogP contribution in [0.2, 0.25) is 18.1 Å². The van der Waals surface area contributed by atoms with Crippen molar-refractivity contribution in [2.75, 3.05) is 0 Å². The summed E-state index contributed by atoms with van der Waals surface area (Å²) in [7, 11) is -2.09. The molecule has 0 saturated carbocycles. The summed E-state index contributed by atoms with van der Waals surface area (Å²) < 4.78 is 13.5. The highest BCUT2D eigenvalue weighted by Gasteiger charge is 2.47. The Bertz CT molecular complexity index is 892. The Morgan fingerprint density at radius 3 is 2.53 bits per heavy atom. The molecule has 0 amide bonds. The van der Waals surface area contributed by atoms with Crippen molar-refractivity contribution in [1.82, 2.24) is 0 Å². The number of unbranched alkanes of at least 4 members (excludes halogenated alkanes) is 2. The molecule has 0 radical (unpaired) electrons. The molecule has 2 atom stereocenters. The smallest absolute Gasteiger partial charge is 0.331 e. The molecule has 5 heteroatoms. The summed E-state index contributed by atoms with van der Waals surface area (Å²) in [4.78, 5) is 11.8. The van der Waals surface area contributed by atoms with Gasteiger partial charge in [0, 0.05) is 23.0 Å². The first-order valence-corrected chi connectivity index (χ1v) is 15.2. The lowest BCUT2D eigenvalue weighted by atomic mass is 9.67. The highest BCUT2D eigenvalue weighted by molar-refractivity contribution is 6.74. The van der Waals surface area contributed by atoms with Crippen LogP contribution >= 0.6 is 0 Å². The number of carbonyl (C=O) groups is 1. The zero-order chi connectivity index (χ0) is 23.9. The average molecular weight is 459 g/mol. The van der Waals surface area contributed by atoms with Gasteiger partial charge in [-0.05, 0) is 75.4 Å². The fourth-order valence-corrected chi connectivity index (χ4v) is 5.84. The lowest BCUT2D eigenvalue weighted by Gasteiger charge is -2.47. The molecule has 0 bridgehead atoms. The van der Waals surface area contributed by atoms with Crippen LogP contribution in [0, 0.1) is 5.92 Å². The number of hydrogen-bond acceptors (Lipinski definition) is 3. The van der Waals surface area contributed by atoms with Gasteiger partial charge < -0.3 is 14.3 Å². The lowest BCUT2D eigenvalue weighted by molar-refractivity contribution is -0.133. The van der Waals surface area contributed by atoms with Crippen molar-refractivity contribution < 1.29 is 19.1 Å². The van der Waals surface area contributed by atoms with Crippen LogP contribution in [0.1, 0.15) is 90.7 Å². The van der Waals surface area contributed by atoms with E-state index in [1.54, 1.807) is 0 Å². The summed E-state index contributed by atoms with van der Waals surface area (Å²) in [5, 5.41) is 9.78. The van der Waals surface area contributed by atoms with Crippen LogP contribution < -0.4 is 9.16 Å². The molecule has 0 unspecified atom stereocenters.